The second-order valence-electron chi connectivity index (χ2n) is 7.62. The third-order valence-corrected chi connectivity index (χ3v) is 5.19. The molecule has 5 heteroatoms. The Balaban J connectivity index is 1.79. The van der Waals surface area contributed by atoms with Crippen LogP contribution in [0.5, 0.6) is 0 Å². The Morgan fingerprint density at radius 3 is 2.52 bits per heavy atom. The van der Waals surface area contributed by atoms with Gasteiger partial charge in [0.15, 0.2) is 0 Å². The lowest BCUT2D eigenvalue weighted by atomic mass is 9.80. The van der Waals surface area contributed by atoms with Crippen molar-refractivity contribution in [2.45, 2.75) is 46.5 Å². The fourth-order valence-electron chi connectivity index (χ4n) is 3.59. The molecule has 2 N–H and O–H groups in total. The largest absolute Gasteiger partial charge is 0.481 e. The molecule has 0 bridgehead atoms. The van der Waals surface area contributed by atoms with E-state index in [1.165, 1.54) is 0 Å². The first-order valence-corrected chi connectivity index (χ1v) is 8.04. The number of aliphatic carboxylic acids is 1. The molecule has 2 fully saturated rings. The highest BCUT2D eigenvalue weighted by Crippen LogP contribution is 2.34. The lowest BCUT2D eigenvalue weighted by Crippen LogP contribution is -2.42. The van der Waals surface area contributed by atoms with Gasteiger partial charge in [0.2, 0.25) is 0 Å². The van der Waals surface area contributed by atoms with Crippen LogP contribution >= 0.6 is 0 Å². The lowest BCUT2D eigenvalue weighted by Gasteiger charge is -2.27. The van der Waals surface area contributed by atoms with Crippen molar-refractivity contribution in [3.8, 4) is 0 Å². The Labute approximate surface area is 127 Å². The van der Waals surface area contributed by atoms with Crippen molar-refractivity contribution in [2.75, 3.05) is 19.6 Å². The Hall–Kier alpha value is -1.26. The summed E-state index contributed by atoms with van der Waals surface area (Å²) in [7, 11) is 0. The number of likely N-dealkylation sites (tertiary alicyclic amines) is 1. The van der Waals surface area contributed by atoms with E-state index in [1.807, 2.05) is 4.90 Å². The number of rotatable bonds is 3. The SMILES string of the molecule is CC(C)(C)C1CCN(C(=O)NCC2CCCC2C(=O)O)C1. The lowest BCUT2D eigenvalue weighted by molar-refractivity contribution is -0.142. The molecule has 1 heterocycles. The van der Waals surface area contributed by atoms with Crippen molar-refractivity contribution in [1.82, 2.24) is 10.2 Å². The van der Waals surface area contributed by atoms with E-state index in [1.54, 1.807) is 0 Å². The van der Waals surface area contributed by atoms with E-state index in [0.717, 1.165) is 38.8 Å². The zero-order valence-corrected chi connectivity index (χ0v) is 13.4. The third-order valence-electron chi connectivity index (χ3n) is 5.19. The number of carbonyl (C=O) groups excluding carboxylic acids is 1. The molecular weight excluding hydrogens is 268 g/mol. The van der Waals surface area contributed by atoms with Crippen LogP contribution in [-0.2, 0) is 4.79 Å². The van der Waals surface area contributed by atoms with Gasteiger partial charge >= 0.3 is 12.0 Å². The molecule has 0 radical (unpaired) electrons. The fourth-order valence-corrected chi connectivity index (χ4v) is 3.59. The summed E-state index contributed by atoms with van der Waals surface area (Å²) < 4.78 is 0. The summed E-state index contributed by atoms with van der Waals surface area (Å²) >= 11 is 0. The van der Waals surface area contributed by atoms with Crippen LogP contribution in [0.2, 0.25) is 0 Å². The maximum atomic E-state index is 12.2. The molecule has 1 saturated carbocycles. The molecule has 3 unspecified atom stereocenters. The molecular formula is C16H28N2O3. The molecule has 2 aliphatic rings. The number of amides is 2. The van der Waals surface area contributed by atoms with Gasteiger partial charge in [-0.2, -0.15) is 0 Å². The number of nitrogens with zero attached hydrogens (tertiary/aromatic N) is 1. The Bertz CT molecular complexity index is 403. The number of nitrogens with one attached hydrogen (secondary N) is 1. The smallest absolute Gasteiger partial charge is 0.317 e. The highest BCUT2D eigenvalue weighted by Gasteiger charge is 2.35. The average molecular weight is 296 g/mol. The molecule has 0 aromatic heterocycles. The normalized spacial score (nSPS) is 29.7. The van der Waals surface area contributed by atoms with Crippen LogP contribution in [0.15, 0.2) is 0 Å². The van der Waals surface area contributed by atoms with Gasteiger partial charge in [-0.1, -0.05) is 27.2 Å². The highest BCUT2D eigenvalue weighted by molar-refractivity contribution is 5.75. The first kappa shape index (κ1) is 16.1. The van der Waals surface area contributed by atoms with Crippen LogP contribution in [-0.4, -0.2) is 41.6 Å². The van der Waals surface area contributed by atoms with E-state index in [0.29, 0.717) is 12.5 Å². The van der Waals surface area contributed by atoms with E-state index in [2.05, 4.69) is 26.1 Å². The number of hydrogen-bond acceptors (Lipinski definition) is 2. The molecule has 1 aliphatic heterocycles. The van der Waals surface area contributed by atoms with E-state index in [9.17, 15) is 9.59 Å². The highest BCUT2D eigenvalue weighted by atomic mass is 16.4. The maximum Gasteiger partial charge on any atom is 0.317 e. The van der Waals surface area contributed by atoms with Gasteiger partial charge in [0.1, 0.15) is 0 Å². The second kappa shape index (κ2) is 6.24. The fraction of sp³-hybridized carbons (Fsp3) is 0.875. The summed E-state index contributed by atoms with van der Waals surface area (Å²) in [5.74, 6) is -0.374. The number of urea groups is 1. The number of hydrogen-bond donors (Lipinski definition) is 2. The summed E-state index contributed by atoms with van der Waals surface area (Å²) in [5.41, 5.74) is 0.231. The van der Waals surface area contributed by atoms with Crippen molar-refractivity contribution >= 4 is 12.0 Å². The van der Waals surface area contributed by atoms with E-state index in [4.69, 9.17) is 5.11 Å². The second-order valence-corrected chi connectivity index (χ2v) is 7.62. The minimum absolute atomic E-state index is 0.0298. The predicted octanol–water partition coefficient (Wildman–Crippen LogP) is 2.56. The minimum atomic E-state index is -0.722. The summed E-state index contributed by atoms with van der Waals surface area (Å²) in [6.07, 6.45) is 3.65. The zero-order valence-electron chi connectivity index (χ0n) is 13.4. The first-order valence-electron chi connectivity index (χ1n) is 8.04. The molecule has 0 aromatic carbocycles. The average Bonchev–Trinajstić information content (AvgIpc) is 3.03. The first-order chi connectivity index (χ1) is 9.79. The number of carbonyl (C=O) groups is 2. The molecule has 1 aliphatic carbocycles. The molecule has 0 aromatic rings. The van der Waals surface area contributed by atoms with Crippen LogP contribution < -0.4 is 5.32 Å². The third kappa shape index (κ3) is 3.89. The van der Waals surface area contributed by atoms with E-state index < -0.39 is 5.97 Å². The van der Waals surface area contributed by atoms with Gasteiger partial charge in [-0.25, -0.2) is 4.79 Å². The molecule has 21 heavy (non-hydrogen) atoms. The monoisotopic (exact) mass is 296 g/mol. The quantitative estimate of drug-likeness (QED) is 0.841. The van der Waals surface area contributed by atoms with Gasteiger partial charge in [-0.3, -0.25) is 4.79 Å². The van der Waals surface area contributed by atoms with Crippen molar-refractivity contribution in [3.05, 3.63) is 0 Å². The van der Waals surface area contributed by atoms with Gasteiger partial charge in [0, 0.05) is 19.6 Å². The summed E-state index contributed by atoms with van der Waals surface area (Å²) in [6.45, 7) is 8.76. The van der Waals surface area contributed by atoms with Crippen molar-refractivity contribution in [1.29, 1.82) is 0 Å². The molecule has 0 spiro atoms. The Kier molecular flexibility index (Phi) is 4.79. The van der Waals surface area contributed by atoms with Crippen LogP contribution in [0, 0.1) is 23.2 Å². The van der Waals surface area contributed by atoms with Gasteiger partial charge in [-0.05, 0) is 36.5 Å². The Morgan fingerprint density at radius 2 is 1.95 bits per heavy atom. The molecule has 3 atom stereocenters. The molecule has 1 saturated heterocycles. The predicted molar refractivity (Wildman–Crippen MR) is 81.0 cm³/mol. The topological polar surface area (TPSA) is 69.6 Å². The van der Waals surface area contributed by atoms with E-state index >= 15 is 0 Å². The molecule has 2 rings (SSSR count). The molecule has 5 nitrogen and oxygen atoms in total. The van der Waals surface area contributed by atoms with Crippen molar-refractivity contribution in [2.24, 2.45) is 23.2 Å². The molecule has 2 amide bonds. The van der Waals surface area contributed by atoms with Crippen LogP contribution in [0.1, 0.15) is 46.5 Å². The van der Waals surface area contributed by atoms with Gasteiger partial charge in [0.05, 0.1) is 5.92 Å². The minimum Gasteiger partial charge on any atom is -0.481 e. The zero-order chi connectivity index (χ0) is 15.6. The van der Waals surface area contributed by atoms with Crippen molar-refractivity contribution < 1.29 is 14.7 Å². The number of carboxylic acid groups (broad SMARTS) is 1. The Morgan fingerprint density at radius 1 is 1.24 bits per heavy atom. The summed E-state index contributed by atoms with van der Waals surface area (Å²) in [6, 6.07) is -0.0298. The van der Waals surface area contributed by atoms with Crippen molar-refractivity contribution in [3.63, 3.8) is 0 Å². The van der Waals surface area contributed by atoms with Crippen LogP contribution in [0.4, 0.5) is 4.79 Å². The summed E-state index contributed by atoms with van der Waals surface area (Å²) in [5, 5.41) is 12.1. The van der Waals surface area contributed by atoms with Gasteiger partial charge in [0.25, 0.3) is 0 Å². The van der Waals surface area contributed by atoms with Gasteiger partial charge < -0.3 is 15.3 Å². The number of carboxylic acids is 1. The van der Waals surface area contributed by atoms with E-state index in [-0.39, 0.29) is 23.3 Å². The van der Waals surface area contributed by atoms with Crippen LogP contribution in [0.3, 0.4) is 0 Å². The molecule has 120 valence electrons. The van der Waals surface area contributed by atoms with Gasteiger partial charge in [-0.15, -0.1) is 0 Å². The standard InChI is InChI=1S/C16H28N2O3/c1-16(2,3)12-7-8-18(10-12)15(21)17-9-11-5-4-6-13(11)14(19)20/h11-13H,4-10H2,1-3H3,(H,17,21)(H,19,20). The summed E-state index contributed by atoms with van der Waals surface area (Å²) in [4.78, 5) is 25.2. The van der Waals surface area contributed by atoms with Crippen LogP contribution in [0.25, 0.3) is 0 Å². The maximum absolute atomic E-state index is 12.2.